The minimum absolute atomic E-state index is 0.359. The average Bonchev–Trinajstić information content (AvgIpc) is 3.15. The van der Waals surface area contributed by atoms with Crippen LogP contribution in [0.3, 0.4) is 0 Å². The fourth-order valence-electron chi connectivity index (χ4n) is 4.32. The SMILES string of the molecule is [C-]#[N+]c1ccc2c(-c3nc(N[C@H]4CC[C@@H]4NCC)ncc3C)cn(COCC[Si](C)(C)C)c2c1. The van der Waals surface area contributed by atoms with Gasteiger partial charge in [-0.25, -0.2) is 14.8 Å². The van der Waals surface area contributed by atoms with Gasteiger partial charge in [0.2, 0.25) is 5.95 Å². The summed E-state index contributed by atoms with van der Waals surface area (Å²) in [6, 6.07) is 7.80. The van der Waals surface area contributed by atoms with Crippen molar-refractivity contribution in [2.75, 3.05) is 18.5 Å². The van der Waals surface area contributed by atoms with Crippen LogP contribution in [0.5, 0.6) is 0 Å². The highest BCUT2D eigenvalue weighted by atomic mass is 28.3. The number of benzene rings is 1. The second-order valence-electron chi connectivity index (χ2n) is 10.4. The van der Waals surface area contributed by atoms with Crippen molar-refractivity contribution in [3.05, 3.63) is 47.6 Å². The van der Waals surface area contributed by atoms with Crippen molar-refractivity contribution < 1.29 is 4.74 Å². The highest BCUT2D eigenvalue weighted by Crippen LogP contribution is 2.34. The van der Waals surface area contributed by atoms with Crippen molar-refractivity contribution in [2.24, 2.45) is 0 Å². The van der Waals surface area contributed by atoms with Gasteiger partial charge in [0, 0.05) is 55.6 Å². The monoisotopic (exact) mass is 476 g/mol. The van der Waals surface area contributed by atoms with Gasteiger partial charge < -0.3 is 19.9 Å². The summed E-state index contributed by atoms with van der Waals surface area (Å²) in [5.41, 5.74) is 4.60. The topological polar surface area (TPSA) is 68.4 Å². The maximum atomic E-state index is 7.45. The lowest BCUT2D eigenvalue weighted by molar-refractivity contribution is 0.0903. The number of nitrogens with zero attached hydrogens (tertiary/aromatic N) is 4. The van der Waals surface area contributed by atoms with Gasteiger partial charge in [0.1, 0.15) is 6.73 Å². The van der Waals surface area contributed by atoms with E-state index in [4.69, 9.17) is 16.3 Å². The van der Waals surface area contributed by atoms with Gasteiger partial charge in [-0.05, 0) is 44.0 Å². The molecular formula is C26H36N6OSi. The Morgan fingerprint density at radius 3 is 2.71 bits per heavy atom. The van der Waals surface area contributed by atoms with Crippen molar-refractivity contribution in [1.29, 1.82) is 0 Å². The van der Waals surface area contributed by atoms with Gasteiger partial charge in [-0.3, -0.25) is 0 Å². The van der Waals surface area contributed by atoms with Gasteiger partial charge in [0.25, 0.3) is 0 Å². The summed E-state index contributed by atoms with van der Waals surface area (Å²) in [5, 5.41) is 8.12. The van der Waals surface area contributed by atoms with E-state index in [2.05, 4.69) is 57.8 Å². The molecule has 0 radical (unpaired) electrons. The molecule has 2 N–H and O–H groups in total. The van der Waals surface area contributed by atoms with E-state index in [0.717, 1.165) is 53.3 Å². The molecule has 1 aliphatic rings. The van der Waals surface area contributed by atoms with Crippen LogP contribution in [0.25, 0.3) is 27.0 Å². The van der Waals surface area contributed by atoms with E-state index in [1.54, 1.807) is 0 Å². The van der Waals surface area contributed by atoms with Crippen molar-refractivity contribution in [2.45, 2.75) is 71.2 Å². The number of anilines is 1. The molecule has 1 aromatic carbocycles. The fraction of sp³-hybridized carbons (Fsp3) is 0.500. The standard InChI is InChI=1S/C26H36N6OSi/c1-7-28-22-10-11-23(22)30-26-29-15-18(2)25(31-26)21-16-32(17-33-12-13-34(4,5)6)24-14-19(27-3)8-9-20(21)24/h8-9,14-16,22-23,28H,7,10-13,17H2,1-2,4-6H3,(H,29,30,31)/t22-,23-/m0/s1. The Morgan fingerprint density at radius 1 is 1.24 bits per heavy atom. The Bertz CT molecular complexity index is 1190. The number of nitrogens with one attached hydrogen (secondary N) is 2. The van der Waals surface area contributed by atoms with E-state index in [9.17, 15) is 0 Å². The number of hydrogen-bond acceptors (Lipinski definition) is 5. The summed E-state index contributed by atoms with van der Waals surface area (Å²) >= 11 is 0. The van der Waals surface area contributed by atoms with Crippen LogP contribution in [0, 0.1) is 13.5 Å². The summed E-state index contributed by atoms with van der Waals surface area (Å²) in [4.78, 5) is 13.1. The molecule has 0 saturated heterocycles. The molecule has 0 unspecified atom stereocenters. The number of rotatable bonds is 10. The first kappa shape index (κ1) is 24.4. The van der Waals surface area contributed by atoms with Crippen molar-refractivity contribution in [3.63, 3.8) is 0 Å². The fourth-order valence-corrected chi connectivity index (χ4v) is 5.07. The van der Waals surface area contributed by atoms with Gasteiger partial charge in [-0.15, -0.1) is 0 Å². The zero-order valence-corrected chi connectivity index (χ0v) is 22.0. The van der Waals surface area contributed by atoms with E-state index in [-0.39, 0.29) is 0 Å². The Morgan fingerprint density at radius 2 is 2.03 bits per heavy atom. The molecule has 34 heavy (non-hydrogen) atoms. The lowest BCUT2D eigenvalue weighted by Crippen LogP contribution is -2.52. The lowest BCUT2D eigenvalue weighted by Gasteiger charge is -2.37. The van der Waals surface area contributed by atoms with Crippen LogP contribution in [-0.4, -0.2) is 47.8 Å². The molecule has 0 amide bonds. The smallest absolute Gasteiger partial charge is 0.223 e. The van der Waals surface area contributed by atoms with Crippen molar-refractivity contribution >= 4 is 30.6 Å². The molecule has 0 bridgehead atoms. The molecule has 2 atom stereocenters. The third-order valence-electron chi connectivity index (χ3n) is 6.50. The van der Waals surface area contributed by atoms with Crippen LogP contribution < -0.4 is 10.6 Å². The molecular weight excluding hydrogens is 440 g/mol. The minimum Gasteiger partial charge on any atom is -0.361 e. The van der Waals surface area contributed by atoms with Crippen molar-refractivity contribution in [1.82, 2.24) is 19.9 Å². The van der Waals surface area contributed by atoms with Crippen LogP contribution in [0.15, 0.2) is 30.6 Å². The molecule has 3 aromatic rings. The van der Waals surface area contributed by atoms with E-state index < -0.39 is 8.07 Å². The van der Waals surface area contributed by atoms with Gasteiger partial charge in [0.15, 0.2) is 5.69 Å². The number of fused-ring (bicyclic) bond motifs is 1. The first-order valence-electron chi connectivity index (χ1n) is 12.2. The largest absolute Gasteiger partial charge is 0.361 e. The van der Waals surface area contributed by atoms with Gasteiger partial charge in [0.05, 0.1) is 12.3 Å². The Labute approximate surface area is 203 Å². The number of likely N-dealkylation sites (N-methyl/N-ethyl adjacent to an activating group) is 1. The molecule has 8 heteroatoms. The Kier molecular flexibility index (Phi) is 7.36. The Balaban J connectivity index is 1.63. The van der Waals surface area contributed by atoms with Crippen LogP contribution in [0.1, 0.15) is 25.3 Å². The molecule has 2 aromatic heterocycles. The second kappa shape index (κ2) is 10.3. The molecule has 0 spiro atoms. The summed E-state index contributed by atoms with van der Waals surface area (Å²) < 4.78 is 8.16. The number of aromatic nitrogens is 3. The first-order chi connectivity index (χ1) is 16.3. The summed E-state index contributed by atoms with van der Waals surface area (Å²) in [6.45, 7) is 20.9. The first-order valence-corrected chi connectivity index (χ1v) is 15.9. The molecule has 180 valence electrons. The highest BCUT2D eigenvalue weighted by molar-refractivity contribution is 6.76. The van der Waals surface area contributed by atoms with Crippen LogP contribution in [-0.2, 0) is 11.5 Å². The van der Waals surface area contributed by atoms with Gasteiger partial charge in [-0.1, -0.05) is 38.7 Å². The predicted octanol–water partition coefficient (Wildman–Crippen LogP) is 5.82. The summed E-state index contributed by atoms with van der Waals surface area (Å²) in [6.07, 6.45) is 6.31. The number of hydrogen-bond donors (Lipinski definition) is 2. The van der Waals surface area contributed by atoms with E-state index >= 15 is 0 Å². The third kappa shape index (κ3) is 5.49. The van der Waals surface area contributed by atoms with Crippen LogP contribution in [0.2, 0.25) is 25.7 Å². The molecule has 1 aliphatic carbocycles. The molecule has 2 heterocycles. The second-order valence-corrected chi connectivity index (χ2v) is 16.0. The molecule has 4 rings (SSSR count). The van der Waals surface area contributed by atoms with Gasteiger partial charge >= 0.3 is 0 Å². The van der Waals surface area contributed by atoms with Gasteiger partial charge in [-0.2, -0.15) is 0 Å². The summed E-state index contributed by atoms with van der Waals surface area (Å²) in [7, 11) is -1.15. The average molecular weight is 477 g/mol. The number of ether oxygens (including phenoxy) is 1. The predicted molar refractivity (Wildman–Crippen MR) is 142 cm³/mol. The maximum absolute atomic E-state index is 7.45. The molecule has 1 fully saturated rings. The van der Waals surface area contributed by atoms with Crippen molar-refractivity contribution in [3.8, 4) is 11.3 Å². The minimum atomic E-state index is -1.15. The molecule has 1 saturated carbocycles. The molecule has 7 nitrogen and oxygen atoms in total. The van der Waals surface area contributed by atoms with E-state index in [1.165, 1.54) is 6.42 Å². The van der Waals surface area contributed by atoms with E-state index in [1.807, 2.05) is 31.3 Å². The van der Waals surface area contributed by atoms with Crippen LogP contribution >= 0.6 is 0 Å². The molecule has 0 aliphatic heterocycles. The summed E-state index contributed by atoms with van der Waals surface area (Å²) in [5.74, 6) is 0.665. The third-order valence-corrected chi connectivity index (χ3v) is 8.21. The number of aryl methyl sites for hydroxylation is 1. The zero-order valence-electron chi connectivity index (χ0n) is 21.0. The normalized spacial score (nSPS) is 18.0. The van der Waals surface area contributed by atoms with E-state index in [0.29, 0.717) is 30.5 Å². The Hall–Kier alpha value is -2.73. The zero-order chi connectivity index (χ0) is 24.3. The quantitative estimate of drug-likeness (QED) is 0.219. The highest BCUT2D eigenvalue weighted by Gasteiger charge is 2.30. The van der Waals surface area contributed by atoms with Crippen LogP contribution in [0.4, 0.5) is 11.6 Å². The maximum Gasteiger partial charge on any atom is 0.223 e. The lowest BCUT2D eigenvalue weighted by atomic mass is 9.86.